The lowest BCUT2D eigenvalue weighted by Crippen LogP contribution is -2.04. The van der Waals surface area contributed by atoms with Crippen LogP contribution in [0.3, 0.4) is 0 Å². The molecule has 0 aliphatic carbocycles. The number of halogens is 2. The summed E-state index contributed by atoms with van der Waals surface area (Å²) in [5.41, 5.74) is 3.65. The highest BCUT2D eigenvalue weighted by Gasteiger charge is 2.06. The van der Waals surface area contributed by atoms with Gasteiger partial charge in [0, 0.05) is 34.3 Å². The molecule has 0 aliphatic rings. The molecule has 2 aromatic carbocycles. The second kappa shape index (κ2) is 6.22. The second-order valence-corrected chi connectivity index (χ2v) is 6.43. The van der Waals surface area contributed by atoms with E-state index in [-0.39, 0.29) is 0 Å². The molecule has 1 aromatic heterocycles. The van der Waals surface area contributed by atoms with Gasteiger partial charge in [-0.25, -0.2) is 0 Å². The summed E-state index contributed by atoms with van der Waals surface area (Å²) < 4.78 is 3.23. The molecule has 0 fully saturated rings. The highest BCUT2D eigenvalue weighted by Crippen LogP contribution is 2.24. The summed E-state index contributed by atoms with van der Waals surface area (Å²) in [6.07, 6.45) is 2.12. The van der Waals surface area contributed by atoms with Crippen LogP contribution in [0.4, 0.5) is 0 Å². The largest absolute Gasteiger partial charge is 0.343 e. The highest BCUT2D eigenvalue weighted by molar-refractivity contribution is 9.10. The van der Waals surface area contributed by atoms with E-state index in [1.165, 1.54) is 16.5 Å². The van der Waals surface area contributed by atoms with Crippen LogP contribution in [0.25, 0.3) is 10.9 Å². The van der Waals surface area contributed by atoms with Gasteiger partial charge in [0.1, 0.15) is 0 Å². The van der Waals surface area contributed by atoms with E-state index < -0.39 is 0 Å². The fourth-order valence-electron chi connectivity index (χ4n) is 2.54. The van der Waals surface area contributed by atoms with Gasteiger partial charge in [0.25, 0.3) is 0 Å². The summed E-state index contributed by atoms with van der Waals surface area (Å²) in [7, 11) is 1.96. The Labute approximate surface area is 137 Å². The standard InChI is InChI=1S/C17H16BrClN2/c1-20-10-12-2-5-17-13(8-12)6-7-21(17)11-14-3-4-15(18)9-16(14)19/h2-9,20H,10-11H2,1H3. The van der Waals surface area contributed by atoms with Crippen molar-refractivity contribution in [3.05, 3.63) is 69.3 Å². The van der Waals surface area contributed by atoms with Crippen molar-refractivity contribution in [2.75, 3.05) is 7.05 Å². The molecule has 1 heterocycles. The number of aromatic nitrogens is 1. The van der Waals surface area contributed by atoms with Crippen molar-refractivity contribution in [3.8, 4) is 0 Å². The van der Waals surface area contributed by atoms with Crippen LogP contribution in [0.15, 0.2) is 53.1 Å². The molecule has 0 aliphatic heterocycles. The number of nitrogens with zero attached hydrogens (tertiary/aromatic N) is 1. The molecule has 21 heavy (non-hydrogen) atoms. The van der Waals surface area contributed by atoms with E-state index in [2.05, 4.69) is 62.3 Å². The van der Waals surface area contributed by atoms with Gasteiger partial charge in [-0.1, -0.05) is 39.7 Å². The summed E-state index contributed by atoms with van der Waals surface area (Å²) >= 11 is 9.75. The van der Waals surface area contributed by atoms with E-state index in [1.54, 1.807) is 0 Å². The van der Waals surface area contributed by atoms with Crippen molar-refractivity contribution >= 4 is 38.4 Å². The maximum atomic E-state index is 6.31. The zero-order chi connectivity index (χ0) is 14.8. The first kappa shape index (κ1) is 14.6. The SMILES string of the molecule is CNCc1ccc2c(ccn2Cc2ccc(Br)cc2Cl)c1. The highest BCUT2D eigenvalue weighted by atomic mass is 79.9. The zero-order valence-corrected chi connectivity index (χ0v) is 14.1. The van der Waals surface area contributed by atoms with E-state index in [0.29, 0.717) is 0 Å². The molecule has 0 saturated carbocycles. The minimum absolute atomic E-state index is 0.779. The van der Waals surface area contributed by atoms with Gasteiger partial charge in [0.2, 0.25) is 0 Å². The van der Waals surface area contributed by atoms with Crippen LogP contribution in [0.5, 0.6) is 0 Å². The first-order valence-electron chi connectivity index (χ1n) is 6.83. The first-order chi connectivity index (χ1) is 10.2. The minimum Gasteiger partial charge on any atom is -0.343 e. The predicted octanol–water partition coefficient (Wildman–Crippen LogP) is 4.82. The first-order valence-corrected chi connectivity index (χ1v) is 8.01. The minimum atomic E-state index is 0.779. The number of nitrogens with one attached hydrogen (secondary N) is 1. The Morgan fingerprint density at radius 3 is 2.76 bits per heavy atom. The molecule has 0 saturated heterocycles. The van der Waals surface area contributed by atoms with Crippen molar-refractivity contribution in [2.24, 2.45) is 0 Å². The van der Waals surface area contributed by atoms with Crippen LogP contribution in [0.1, 0.15) is 11.1 Å². The summed E-state index contributed by atoms with van der Waals surface area (Å²) in [4.78, 5) is 0. The van der Waals surface area contributed by atoms with Crippen molar-refractivity contribution in [1.82, 2.24) is 9.88 Å². The van der Waals surface area contributed by atoms with E-state index in [0.717, 1.165) is 28.1 Å². The average Bonchev–Trinajstić information content (AvgIpc) is 2.85. The second-order valence-electron chi connectivity index (χ2n) is 5.10. The lowest BCUT2D eigenvalue weighted by molar-refractivity contribution is 0.817. The van der Waals surface area contributed by atoms with Gasteiger partial charge in [-0.15, -0.1) is 0 Å². The Bertz CT molecular complexity index is 780. The van der Waals surface area contributed by atoms with Crippen LogP contribution < -0.4 is 5.32 Å². The molecule has 1 N–H and O–H groups in total. The smallest absolute Gasteiger partial charge is 0.0490 e. The van der Waals surface area contributed by atoms with Crippen LogP contribution in [-0.2, 0) is 13.1 Å². The molecular weight excluding hydrogens is 348 g/mol. The van der Waals surface area contributed by atoms with Gasteiger partial charge in [0.05, 0.1) is 0 Å². The van der Waals surface area contributed by atoms with E-state index in [4.69, 9.17) is 11.6 Å². The fraction of sp³-hybridized carbons (Fsp3) is 0.176. The van der Waals surface area contributed by atoms with Gasteiger partial charge in [0.15, 0.2) is 0 Å². The number of fused-ring (bicyclic) bond motifs is 1. The van der Waals surface area contributed by atoms with Crippen LogP contribution in [0, 0.1) is 0 Å². The number of hydrogen-bond donors (Lipinski definition) is 1. The molecule has 2 nitrogen and oxygen atoms in total. The monoisotopic (exact) mass is 362 g/mol. The Kier molecular flexibility index (Phi) is 4.34. The van der Waals surface area contributed by atoms with Gasteiger partial charge in [-0.05, 0) is 53.9 Å². The third-order valence-electron chi connectivity index (χ3n) is 3.57. The summed E-state index contributed by atoms with van der Waals surface area (Å²) in [5, 5.41) is 5.23. The van der Waals surface area contributed by atoms with Gasteiger partial charge in [-0.2, -0.15) is 0 Å². The normalized spacial score (nSPS) is 11.2. The molecule has 4 heteroatoms. The van der Waals surface area contributed by atoms with Gasteiger partial charge >= 0.3 is 0 Å². The quantitative estimate of drug-likeness (QED) is 0.703. The fourth-order valence-corrected chi connectivity index (χ4v) is 3.27. The average molecular weight is 364 g/mol. The predicted molar refractivity (Wildman–Crippen MR) is 93.0 cm³/mol. The molecule has 3 rings (SSSR count). The third-order valence-corrected chi connectivity index (χ3v) is 4.42. The van der Waals surface area contributed by atoms with Crippen molar-refractivity contribution in [3.63, 3.8) is 0 Å². The number of rotatable bonds is 4. The molecule has 3 aromatic rings. The molecule has 0 radical (unpaired) electrons. The lowest BCUT2D eigenvalue weighted by atomic mass is 10.1. The van der Waals surface area contributed by atoms with Gasteiger partial charge < -0.3 is 9.88 Å². The number of benzene rings is 2. The third kappa shape index (κ3) is 3.15. The molecule has 108 valence electrons. The van der Waals surface area contributed by atoms with Crippen molar-refractivity contribution in [2.45, 2.75) is 13.1 Å². The molecule has 0 atom stereocenters. The summed E-state index contributed by atoms with van der Waals surface area (Å²) in [6.45, 7) is 1.67. The Morgan fingerprint density at radius 1 is 1.14 bits per heavy atom. The van der Waals surface area contributed by atoms with Crippen molar-refractivity contribution < 1.29 is 0 Å². The molecular formula is C17H16BrClN2. The van der Waals surface area contributed by atoms with Crippen LogP contribution in [0.2, 0.25) is 5.02 Å². The van der Waals surface area contributed by atoms with E-state index >= 15 is 0 Å². The van der Waals surface area contributed by atoms with Crippen molar-refractivity contribution in [1.29, 1.82) is 0 Å². The van der Waals surface area contributed by atoms with E-state index in [1.807, 2.05) is 19.2 Å². The zero-order valence-electron chi connectivity index (χ0n) is 11.7. The summed E-state index contributed by atoms with van der Waals surface area (Å²) in [6, 6.07) is 14.7. The Balaban J connectivity index is 1.94. The number of hydrogen-bond acceptors (Lipinski definition) is 1. The van der Waals surface area contributed by atoms with E-state index in [9.17, 15) is 0 Å². The molecule has 0 unspecified atom stereocenters. The maximum absolute atomic E-state index is 6.31. The Hall–Kier alpha value is -1.29. The van der Waals surface area contributed by atoms with Crippen LogP contribution in [-0.4, -0.2) is 11.6 Å². The summed E-state index contributed by atoms with van der Waals surface area (Å²) in [5.74, 6) is 0. The molecule has 0 bridgehead atoms. The maximum Gasteiger partial charge on any atom is 0.0490 e. The Morgan fingerprint density at radius 2 is 2.00 bits per heavy atom. The van der Waals surface area contributed by atoms with Gasteiger partial charge in [-0.3, -0.25) is 0 Å². The lowest BCUT2D eigenvalue weighted by Gasteiger charge is -2.09. The van der Waals surface area contributed by atoms with Crippen LogP contribution >= 0.6 is 27.5 Å². The molecule has 0 spiro atoms. The molecule has 0 amide bonds. The topological polar surface area (TPSA) is 17.0 Å².